The van der Waals surface area contributed by atoms with Crippen LogP contribution < -0.4 is 0 Å². The topological polar surface area (TPSA) is 45.6 Å². The first-order valence-corrected chi connectivity index (χ1v) is 10.9. The van der Waals surface area contributed by atoms with Crippen molar-refractivity contribution in [2.75, 3.05) is 13.1 Å². The van der Waals surface area contributed by atoms with Gasteiger partial charge in [0, 0.05) is 37.9 Å². The van der Waals surface area contributed by atoms with Gasteiger partial charge in [0.25, 0.3) is 0 Å². The zero-order chi connectivity index (χ0) is 21.3. The first kappa shape index (κ1) is 21.9. The van der Waals surface area contributed by atoms with Crippen molar-refractivity contribution < 1.29 is 9.59 Å². The third-order valence-electron chi connectivity index (χ3n) is 5.91. The molecule has 0 unspecified atom stereocenters. The summed E-state index contributed by atoms with van der Waals surface area (Å²) >= 11 is 0. The van der Waals surface area contributed by atoms with E-state index < -0.39 is 0 Å². The summed E-state index contributed by atoms with van der Waals surface area (Å²) in [6, 6.07) is 14.0. The van der Waals surface area contributed by atoms with Crippen molar-refractivity contribution in [3.63, 3.8) is 0 Å². The van der Waals surface area contributed by atoms with Crippen LogP contribution in [0, 0.1) is 5.92 Å². The second kappa shape index (κ2) is 10.8. The molecule has 1 aliphatic carbocycles. The molecule has 0 atom stereocenters. The molecule has 0 aliphatic heterocycles. The molecular weight excluding hydrogens is 374 g/mol. The van der Waals surface area contributed by atoms with Crippen LogP contribution in [0.15, 0.2) is 61.3 Å². The summed E-state index contributed by atoms with van der Waals surface area (Å²) in [6.45, 7) is 5.33. The van der Waals surface area contributed by atoms with E-state index in [0.717, 1.165) is 36.9 Å². The molecule has 0 bridgehead atoms. The maximum atomic E-state index is 13.3. The van der Waals surface area contributed by atoms with Gasteiger partial charge in [-0.15, -0.1) is 6.58 Å². The van der Waals surface area contributed by atoms with Gasteiger partial charge in [0.1, 0.15) is 6.54 Å². The van der Waals surface area contributed by atoms with E-state index in [1.165, 1.54) is 6.42 Å². The van der Waals surface area contributed by atoms with E-state index in [9.17, 15) is 9.59 Å². The fourth-order valence-corrected chi connectivity index (χ4v) is 4.15. The summed E-state index contributed by atoms with van der Waals surface area (Å²) < 4.78 is 2.03. The molecule has 0 radical (unpaired) electrons. The van der Waals surface area contributed by atoms with Crippen molar-refractivity contribution in [3.05, 3.63) is 72.6 Å². The van der Waals surface area contributed by atoms with E-state index in [1.807, 2.05) is 65.2 Å². The highest BCUT2D eigenvalue weighted by Gasteiger charge is 2.28. The van der Waals surface area contributed by atoms with E-state index in [0.29, 0.717) is 19.6 Å². The Balaban J connectivity index is 1.74. The molecule has 1 aromatic carbocycles. The van der Waals surface area contributed by atoms with Crippen molar-refractivity contribution in [1.29, 1.82) is 0 Å². The van der Waals surface area contributed by atoms with Gasteiger partial charge >= 0.3 is 0 Å². The molecule has 0 N–H and O–H groups in total. The first-order valence-electron chi connectivity index (χ1n) is 10.9. The number of carbonyl (C=O) groups excluding carboxylic acids is 2. The highest BCUT2D eigenvalue weighted by atomic mass is 16.2. The molecular formula is C25H33N3O2. The average Bonchev–Trinajstić information content (AvgIpc) is 3.18. The Bertz CT molecular complexity index is 837. The highest BCUT2D eigenvalue weighted by Crippen LogP contribution is 2.25. The van der Waals surface area contributed by atoms with Gasteiger partial charge in [0.05, 0.1) is 6.54 Å². The van der Waals surface area contributed by atoms with Crippen molar-refractivity contribution >= 4 is 11.8 Å². The molecule has 1 heterocycles. The lowest BCUT2D eigenvalue weighted by Crippen LogP contribution is -2.45. The van der Waals surface area contributed by atoms with Gasteiger partial charge in [0.15, 0.2) is 0 Å². The van der Waals surface area contributed by atoms with E-state index in [1.54, 1.807) is 11.0 Å². The third-order valence-corrected chi connectivity index (χ3v) is 5.91. The molecule has 1 saturated carbocycles. The van der Waals surface area contributed by atoms with Crippen LogP contribution in [0.2, 0.25) is 0 Å². The standard InChI is InChI=1S/C25H33N3O2/c1-3-16-27(25(30)22-13-8-5-9-14-22)20-24(29)28(18-21-11-6-4-7-12-21)19-23-15-10-17-26(23)2/h3-4,6-7,10-12,15,17,22H,1,5,8-9,13-14,16,18-20H2,2H3. The number of nitrogens with zero attached hydrogens (tertiary/aromatic N) is 3. The zero-order valence-electron chi connectivity index (χ0n) is 18.0. The van der Waals surface area contributed by atoms with E-state index in [2.05, 4.69) is 6.58 Å². The van der Waals surface area contributed by atoms with Gasteiger partial charge in [-0.1, -0.05) is 55.7 Å². The lowest BCUT2D eigenvalue weighted by atomic mass is 9.88. The van der Waals surface area contributed by atoms with Crippen LogP contribution >= 0.6 is 0 Å². The predicted molar refractivity (Wildman–Crippen MR) is 119 cm³/mol. The number of aromatic nitrogens is 1. The second-order valence-corrected chi connectivity index (χ2v) is 8.19. The van der Waals surface area contributed by atoms with Crippen molar-refractivity contribution in [2.45, 2.75) is 45.2 Å². The molecule has 5 nitrogen and oxygen atoms in total. The Hall–Kier alpha value is -2.82. The van der Waals surface area contributed by atoms with Crippen LogP contribution in [0.3, 0.4) is 0 Å². The molecule has 3 rings (SSSR count). The smallest absolute Gasteiger partial charge is 0.242 e. The molecule has 2 amide bonds. The molecule has 1 aliphatic rings. The fraction of sp³-hybridized carbons (Fsp3) is 0.440. The van der Waals surface area contributed by atoms with E-state index in [4.69, 9.17) is 0 Å². The highest BCUT2D eigenvalue weighted by molar-refractivity contribution is 5.86. The second-order valence-electron chi connectivity index (χ2n) is 8.19. The van der Waals surface area contributed by atoms with Crippen LogP contribution in [0.5, 0.6) is 0 Å². The van der Waals surface area contributed by atoms with Crippen LogP contribution in [0.25, 0.3) is 0 Å². The minimum atomic E-state index is -0.0361. The molecule has 1 fully saturated rings. The number of hydrogen-bond acceptors (Lipinski definition) is 2. The van der Waals surface area contributed by atoms with Crippen LogP contribution in [0.4, 0.5) is 0 Å². The fourth-order valence-electron chi connectivity index (χ4n) is 4.15. The molecule has 5 heteroatoms. The number of benzene rings is 1. The van der Waals surface area contributed by atoms with E-state index in [-0.39, 0.29) is 24.3 Å². The maximum Gasteiger partial charge on any atom is 0.242 e. The summed E-state index contributed by atoms with van der Waals surface area (Å²) in [5.41, 5.74) is 2.14. The Morgan fingerprint density at radius 2 is 1.77 bits per heavy atom. The molecule has 1 aromatic heterocycles. The molecule has 30 heavy (non-hydrogen) atoms. The van der Waals surface area contributed by atoms with Gasteiger partial charge < -0.3 is 14.4 Å². The van der Waals surface area contributed by atoms with Crippen molar-refractivity contribution in [2.24, 2.45) is 13.0 Å². The minimum absolute atomic E-state index is 0.0361. The Labute approximate surface area is 180 Å². The summed E-state index contributed by atoms with van der Waals surface area (Å²) in [5, 5.41) is 0. The Morgan fingerprint density at radius 3 is 2.40 bits per heavy atom. The largest absolute Gasteiger partial charge is 0.353 e. The van der Waals surface area contributed by atoms with Crippen LogP contribution in [-0.2, 0) is 29.7 Å². The quantitative estimate of drug-likeness (QED) is 0.586. The minimum Gasteiger partial charge on any atom is -0.353 e. The predicted octanol–water partition coefficient (Wildman–Crippen LogP) is 4.15. The van der Waals surface area contributed by atoms with E-state index >= 15 is 0 Å². The maximum absolute atomic E-state index is 13.3. The summed E-state index contributed by atoms with van der Waals surface area (Å²) in [4.78, 5) is 30.0. The molecule has 160 valence electrons. The monoisotopic (exact) mass is 407 g/mol. The number of hydrogen-bond donors (Lipinski definition) is 0. The van der Waals surface area contributed by atoms with Crippen LogP contribution in [0.1, 0.15) is 43.4 Å². The number of aryl methyl sites for hydroxylation is 1. The molecule has 0 saturated heterocycles. The number of amides is 2. The summed E-state index contributed by atoms with van der Waals surface area (Å²) in [6.07, 6.45) is 8.95. The van der Waals surface area contributed by atoms with Crippen molar-refractivity contribution in [3.8, 4) is 0 Å². The lowest BCUT2D eigenvalue weighted by molar-refractivity contribution is -0.143. The van der Waals surface area contributed by atoms with Gasteiger partial charge in [-0.25, -0.2) is 0 Å². The van der Waals surface area contributed by atoms with Gasteiger partial charge in [-0.3, -0.25) is 9.59 Å². The summed E-state index contributed by atoms with van der Waals surface area (Å²) in [5.74, 6) is 0.106. The van der Waals surface area contributed by atoms with Crippen LogP contribution in [-0.4, -0.2) is 39.3 Å². The van der Waals surface area contributed by atoms with Crippen molar-refractivity contribution in [1.82, 2.24) is 14.4 Å². The molecule has 2 aromatic rings. The zero-order valence-corrected chi connectivity index (χ0v) is 18.0. The number of carbonyl (C=O) groups is 2. The third kappa shape index (κ3) is 5.85. The summed E-state index contributed by atoms with van der Waals surface area (Å²) in [7, 11) is 1.98. The Kier molecular flexibility index (Phi) is 7.89. The van der Waals surface area contributed by atoms with Gasteiger partial charge in [-0.05, 0) is 30.5 Å². The van der Waals surface area contributed by atoms with Gasteiger partial charge in [-0.2, -0.15) is 0 Å². The first-order chi connectivity index (χ1) is 14.6. The Morgan fingerprint density at radius 1 is 1.03 bits per heavy atom. The average molecular weight is 408 g/mol. The number of rotatable bonds is 9. The SMILES string of the molecule is C=CCN(CC(=O)N(Cc1ccccc1)Cc1cccn1C)C(=O)C1CCCCC1. The molecule has 0 spiro atoms. The normalized spacial score (nSPS) is 14.3. The van der Waals surface area contributed by atoms with Gasteiger partial charge in [0.2, 0.25) is 11.8 Å². The lowest BCUT2D eigenvalue weighted by Gasteiger charge is -2.31.